The van der Waals surface area contributed by atoms with Gasteiger partial charge in [-0.05, 0) is 30.9 Å². The third-order valence-corrected chi connectivity index (χ3v) is 3.60. The molecule has 1 aromatic rings. The van der Waals surface area contributed by atoms with Gasteiger partial charge in [-0.3, -0.25) is 9.59 Å². The molecule has 1 atom stereocenters. The summed E-state index contributed by atoms with van der Waals surface area (Å²) in [6, 6.07) is 2.28. The summed E-state index contributed by atoms with van der Waals surface area (Å²) in [5.41, 5.74) is 0.754. The Hall–Kier alpha value is -1.76. The molecule has 1 rings (SSSR count). The van der Waals surface area contributed by atoms with Crippen molar-refractivity contribution in [1.29, 1.82) is 0 Å². The molecule has 0 saturated carbocycles. The molecule has 116 valence electrons. The lowest BCUT2D eigenvalue weighted by Gasteiger charge is -2.14. The minimum absolute atomic E-state index is 0.0758. The van der Waals surface area contributed by atoms with Gasteiger partial charge in [-0.2, -0.15) is 11.8 Å². The Morgan fingerprint density at radius 1 is 1.43 bits per heavy atom. The van der Waals surface area contributed by atoms with Gasteiger partial charge in [0, 0.05) is 25.2 Å². The van der Waals surface area contributed by atoms with Crippen LogP contribution in [0.5, 0.6) is 0 Å². The zero-order valence-electron chi connectivity index (χ0n) is 12.2. The lowest BCUT2D eigenvalue weighted by Crippen LogP contribution is -2.41. The molecular formula is C14H20N2O4S. The maximum Gasteiger partial charge on any atom is 0.326 e. The molecule has 0 fully saturated rings. The Bertz CT molecular complexity index is 556. The van der Waals surface area contributed by atoms with E-state index >= 15 is 0 Å². The molecule has 1 heterocycles. The van der Waals surface area contributed by atoms with Gasteiger partial charge in [-0.25, -0.2) is 4.79 Å². The van der Waals surface area contributed by atoms with Crippen LogP contribution in [-0.4, -0.2) is 39.6 Å². The van der Waals surface area contributed by atoms with Gasteiger partial charge in [0.25, 0.3) is 5.56 Å². The Morgan fingerprint density at radius 2 is 2.14 bits per heavy atom. The van der Waals surface area contributed by atoms with Crippen LogP contribution < -0.4 is 10.9 Å². The zero-order chi connectivity index (χ0) is 15.8. The van der Waals surface area contributed by atoms with Crippen molar-refractivity contribution in [2.24, 2.45) is 0 Å². The standard InChI is InChI=1S/C14H20N2O4S/c1-10-3-4-13(18)16(9-10)7-5-12(17)15-11(14(19)20)6-8-21-2/h3-4,9,11H,5-8H2,1-2H3,(H,15,17)(H,19,20). The first-order valence-corrected chi connectivity index (χ1v) is 8.01. The average Bonchev–Trinajstić information content (AvgIpc) is 2.44. The SMILES string of the molecule is CSCCC(NC(=O)CCn1cc(C)ccc1=O)C(=O)O. The van der Waals surface area contributed by atoms with E-state index in [1.807, 2.05) is 13.2 Å². The minimum Gasteiger partial charge on any atom is -0.480 e. The predicted octanol–water partition coefficient (Wildman–Crippen LogP) is 0.869. The molecule has 0 aliphatic rings. The smallest absolute Gasteiger partial charge is 0.326 e. The number of amides is 1. The Labute approximate surface area is 127 Å². The Morgan fingerprint density at radius 3 is 2.76 bits per heavy atom. The maximum atomic E-state index is 11.8. The number of aromatic nitrogens is 1. The number of thioether (sulfide) groups is 1. The summed E-state index contributed by atoms with van der Waals surface area (Å²) in [7, 11) is 0. The highest BCUT2D eigenvalue weighted by Crippen LogP contribution is 2.02. The van der Waals surface area contributed by atoms with Crippen molar-refractivity contribution in [3.63, 3.8) is 0 Å². The molecule has 0 radical (unpaired) electrons. The number of nitrogens with zero attached hydrogens (tertiary/aromatic N) is 1. The van der Waals surface area contributed by atoms with Gasteiger partial charge in [-0.1, -0.05) is 6.07 Å². The van der Waals surface area contributed by atoms with Crippen LogP contribution in [0.4, 0.5) is 0 Å². The lowest BCUT2D eigenvalue weighted by molar-refractivity contribution is -0.141. The van der Waals surface area contributed by atoms with E-state index in [0.29, 0.717) is 12.2 Å². The fraction of sp³-hybridized carbons (Fsp3) is 0.500. The summed E-state index contributed by atoms with van der Waals surface area (Å²) in [5.74, 6) is -0.740. The number of rotatable bonds is 8. The van der Waals surface area contributed by atoms with Gasteiger partial charge < -0.3 is 15.0 Å². The summed E-state index contributed by atoms with van der Waals surface area (Å²) in [4.78, 5) is 34.4. The minimum atomic E-state index is -1.04. The van der Waals surface area contributed by atoms with E-state index in [-0.39, 0.29) is 24.4 Å². The molecule has 0 bridgehead atoms. The molecule has 0 aliphatic heterocycles. The van der Waals surface area contributed by atoms with E-state index in [1.165, 1.54) is 22.4 Å². The number of aryl methyl sites for hydroxylation is 2. The highest BCUT2D eigenvalue weighted by Gasteiger charge is 2.19. The van der Waals surface area contributed by atoms with Gasteiger partial charge in [0.15, 0.2) is 0 Å². The number of aliphatic carboxylic acids is 1. The molecule has 1 unspecified atom stereocenters. The van der Waals surface area contributed by atoms with Crippen LogP contribution in [0.25, 0.3) is 0 Å². The molecule has 1 aromatic heterocycles. The fourth-order valence-corrected chi connectivity index (χ4v) is 2.28. The summed E-state index contributed by atoms with van der Waals surface area (Å²) in [5, 5.41) is 11.5. The molecule has 0 aromatic carbocycles. The summed E-state index contributed by atoms with van der Waals surface area (Å²) < 4.78 is 1.45. The number of carboxylic acid groups (broad SMARTS) is 1. The van der Waals surface area contributed by atoms with Crippen LogP contribution in [0.1, 0.15) is 18.4 Å². The molecule has 0 spiro atoms. The Kier molecular flexibility index (Phi) is 7.01. The van der Waals surface area contributed by atoms with Crippen molar-refractivity contribution in [2.75, 3.05) is 12.0 Å². The zero-order valence-corrected chi connectivity index (χ0v) is 13.0. The van der Waals surface area contributed by atoms with Crippen LogP contribution in [-0.2, 0) is 16.1 Å². The first kappa shape index (κ1) is 17.3. The largest absolute Gasteiger partial charge is 0.480 e. The highest BCUT2D eigenvalue weighted by atomic mass is 32.2. The van der Waals surface area contributed by atoms with Gasteiger partial charge in [0.2, 0.25) is 5.91 Å². The third-order valence-electron chi connectivity index (χ3n) is 2.96. The van der Waals surface area contributed by atoms with Gasteiger partial charge in [0.05, 0.1) is 0 Å². The number of nitrogens with one attached hydrogen (secondary N) is 1. The fourth-order valence-electron chi connectivity index (χ4n) is 1.81. The quantitative estimate of drug-likeness (QED) is 0.743. The summed E-state index contributed by atoms with van der Waals surface area (Å²) >= 11 is 1.53. The second-order valence-corrected chi connectivity index (χ2v) is 5.71. The molecule has 6 nitrogen and oxygen atoms in total. The normalized spacial score (nSPS) is 11.9. The summed E-state index contributed by atoms with van der Waals surface area (Å²) in [6.07, 6.45) is 4.02. The van der Waals surface area contributed by atoms with Crippen LogP contribution >= 0.6 is 11.8 Å². The van der Waals surface area contributed by atoms with Crippen molar-refractivity contribution in [3.8, 4) is 0 Å². The molecular weight excluding hydrogens is 292 g/mol. The van der Waals surface area contributed by atoms with Crippen molar-refractivity contribution in [3.05, 3.63) is 34.2 Å². The van der Waals surface area contributed by atoms with E-state index in [1.54, 1.807) is 12.3 Å². The van der Waals surface area contributed by atoms with Gasteiger partial charge >= 0.3 is 5.97 Å². The van der Waals surface area contributed by atoms with E-state index in [2.05, 4.69) is 5.32 Å². The van der Waals surface area contributed by atoms with Crippen LogP contribution in [0.15, 0.2) is 23.1 Å². The Balaban J connectivity index is 2.54. The first-order valence-electron chi connectivity index (χ1n) is 6.62. The second-order valence-electron chi connectivity index (χ2n) is 4.73. The van der Waals surface area contributed by atoms with Crippen molar-refractivity contribution < 1.29 is 14.7 Å². The lowest BCUT2D eigenvalue weighted by atomic mass is 10.2. The van der Waals surface area contributed by atoms with Crippen LogP contribution in [0, 0.1) is 6.92 Å². The first-order chi connectivity index (χ1) is 9.93. The number of hydrogen-bond donors (Lipinski definition) is 2. The molecule has 21 heavy (non-hydrogen) atoms. The summed E-state index contributed by atoms with van der Waals surface area (Å²) in [6.45, 7) is 2.10. The van der Waals surface area contributed by atoms with E-state index < -0.39 is 12.0 Å². The van der Waals surface area contributed by atoms with Gasteiger partial charge in [-0.15, -0.1) is 0 Å². The molecule has 0 aliphatic carbocycles. The van der Waals surface area contributed by atoms with E-state index in [4.69, 9.17) is 5.11 Å². The molecule has 7 heteroatoms. The number of hydrogen-bond acceptors (Lipinski definition) is 4. The van der Waals surface area contributed by atoms with Crippen LogP contribution in [0.3, 0.4) is 0 Å². The molecule has 2 N–H and O–H groups in total. The van der Waals surface area contributed by atoms with E-state index in [0.717, 1.165) is 5.56 Å². The molecule has 1 amide bonds. The monoisotopic (exact) mass is 312 g/mol. The van der Waals surface area contributed by atoms with Crippen molar-refractivity contribution >= 4 is 23.6 Å². The molecule has 0 saturated heterocycles. The third kappa shape index (κ3) is 6.03. The number of carbonyl (C=O) groups excluding carboxylic acids is 1. The average molecular weight is 312 g/mol. The number of carbonyl (C=O) groups is 2. The van der Waals surface area contributed by atoms with Crippen molar-refractivity contribution in [1.82, 2.24) is 9.88 Å². The second kappa shape index (κ2) is 8.51. The number of pyridine rings is 1. The van der Waals surface area contributed by atoms with Gasteiger partial charge in [0.1, 0.15) is 6.04 Å². The topological polar surface area (TPSA) is 88.4 Å². The predicted molar refractivity (Wildman–Crippen MR) is 82.6 cm³/mol. The van der Waals surface area contributed by atoms with Crippen molar-refractivity contribution in [2.45, 2.75) is 32.4 Å². The van der Waals surface area contributed by atoms with Crippen LogP contribution in [0.2, 0.25) is 0 Å². The number of carboxylic acids is 1. The maximum absolute atomic E-state index is 11.8. The van der Waals surface area contributed by atoms with E-state index in [9.17, 15) is 14.4 Å². The highest BCUT2D eigenvalue weighted by molar-refractivity contribution is 7.98.